The van der Waals surface area contributed by atoms with Crippen LogP contribution in [0.4, 0.5) is 0 Å². The molecule has 9 heteroatoms. The number of nitrogens with two attached hydrogens (primary N) is 1. The highest BCUT2D eigenvalue weighted by atomic mass is 35.5. The predicted octanol–water partition coefficient (Wildman–Crippen LogP) is 5.00. The fourth-order valence-electron chi connectivity index (χ4n) is 4.32. The summed E-state index contributed by atoms with van der Waals surface area (Å²) in [6.07, 6.45) is 1.18. The molecule has 186 valence electrons. The summed E-state index contributed by atoms with van der Waals surface area (Å²) in [5.74, 6) is 4.16. The van der Waals surface area contributed by atoms with E-state index in [2.05, 4.69) is 6.58 Å². The van der Waals surface area contributed by atoms with Crippen molar-refractivity contribution in [1.82, 2.24) is 9.91 Å². The number of nitrogens with zero attached hydrogens (tertiary/aromatic N) is 2. The normalized spacial score (nSPS) is 20.9. The van der Waals surface area contributed by atoms with Gasteiger partial charge in [0.05, 0.1) is 6.04 Å². The second-order valence-corrected chi connectivity index (χ2v) is 9.27. The quantitative estimate of drug-likeness (QED) is 0.230. The van der Waals surface area contributed by atoms with Crippen molar-refractivity contribution in [2.75, 3.05) is 0 Å². The van der Waals surface area contributed by atoms with Gasteiger partial charge in [-0.1, -0.05) is 66.9 Å². The van der Waals surface area contributed by atoms with E-state index in [9.17, 15) is 14.4 Å². The first-order valence-electron chi connectivity index (χ1n) is 11.4. The van der Waals surface area contributed by atoms with Gasteiger partial charge >= 0.3 is 0 Å². The minimum atomic E-state index is -0.986. The number of carbonyl (C=O) groups excluding carboxylic acids is 3. The number of ether oxygens (including phenoxy) is 1. The molecular formula is C26H29Cl2N3O4. The molecule has 2 N–H and O–H groups in total. The molecule has 1 saturated heterocycles. The summed E-state index contributed by atoms with van der Waals surface area (Å²) in [5, 5.41) is 1.60. The van der Waals surface area contributed by atoms with E-state index in [-0.39, 0.29) is 12.3 Å². The number of rotatable bonds is 8. The summed E-state index contributed by atoms with van der Waals surface area (Å²) in [7, 11) is 0. The van der Waals surface area contributed by atoms with Gasteiger partial charge in [-0.05, 0) is 41.8 Å². The van der Waals surface area contributed by atoms with Gasteiger partial charge in [0.15, 0.2) is 0 Å². The molecule has 0 bridgehead atoms. The molecule has 2 aromatic rings. The standard InChI is InChI=1S/C26H29Cl2N3O4/c1-4-7-21(25(33)31(29)16(3)32)30-23(17-11-13-19(27)14-12-17)24(18-9-6-10-20(28)15-18)35-22(8-5-2)26(30)34/h5-6,9-15,21-24H,2,4,7-8,29H2,1,3H3/t21-,22+,23-,24+/m1/s1. The van der Waals surface area contributed by atoms with Crippen LogP contribution in [0.2, 0.25) is 10.0 Å². The van der Waals surface area contributed by atoms with Crippen molar-refractivity contribution >= 4 is 40.9 Å². The monoisotopic (exact) mass is 517 g/mol. The van der Waals surface area contributed by atoms with Crippen LogP contribution in [0.1, 0.15) is 56.4 Å². The lowest BCUT2D eigenvalue weighted by molar-refractivity contribution is -0.183. The Labute approximate surface area is 215 Å². The molecule has 3 rings (SSSR count). The molecule has 1 heterocycles. The van der Waals surface area contributed by atoms with Crippen LogP contribution >= 0.6 is 23.2 Å². The van der Waals surface area contributed by atoms with E-state index < -0.39 is 36.1 Å². The van der Waals surface area contributed by atoms with Gasteiger partial charge in [0.1, 0.15) is 18.2 Å². The van der Waals surface area contributed by atoms with Crippen LogP contribution in [0.25, 0.3) is 0 Å². The Kier molecular flexibility index (Phi) is 9.08. The summed E-state index contributed by atoms with van der Waals surface area (Å²) >= 11 is 12.4. The maximum atomic E-state index is 13.8. The molecule has 0 aromatic heterocycles. The SMILES string of the molecule is C=CC[C@@H]1O[C@@H](c2cccc(Cl)c2)[C@@H](c2ccc(Cl)cc2)N([C@H](CCC)C(=O)N(N)C(C)=O)C1=O. The highest BCUT2D eigenvalue weighted by molar-refractivity contribution is 6.30. The molecule has 1 aliphatic heterocycles. The van der Waals surface area contributed by atoms with Crippen LogP contribution in [0.15, 0.2) is 61.2 Å². The largest absolute Gasteiger partial charge is 0.358 e. The number of imide groups is 1. The van der Waals surface area contributed by atoms with E-state index in [4.69, 9.17) is 33.8 Å². The molecule has 0 unspecified atom stereocenters. The zero-order valence-corrected chi connectivity index (χ0v) is 21.2. The summed E-state index contributed by atoms with van der Waals surface area (Å²) in [5.41, 5.74) is 1.45. The summed E-state index contributed by atoms with van der Waals surface area (Å²) in [4.78, 5) is 40.7. The maximum Gasteiger partial charge on any atom is 0.266 e. The topological polar surface area (TPSA) is 92.9 Å². The second kappa shape index (κ2) is 11.8. The van der Waals surface area contributed by atoms with Crippen LogP contribution < -0.4 is 5.84 Å². The Morgan fingerprint density at radius 2 is 1.86 bits per heavy atom. The number of hydrogen-bond donors (Lipinski definition) is 1. The van der Waals surface area contributed by atoms with Crippen molar-refractivity contribution < 1.29 is 19.1 Å². The number of benzene rings is 2. The number of amides is 3. The fraction of sp³-hybridized carbons (Fsp3) is 0.346. The molecule has 4 atom stereocenters. The molecule has 2 aromatic carbocycles. The molecular weight excluding hydrogens is 489 g/mol. The zero-order chi connectivity index (χ0) is 25.7. The van der Waals surface area contributed by atoms with Crippen molar-refractivity contribution in [1.29, 1.82) is 0 Å². The Hall–Kier alpha value is -2.71. The van der Waals surface area contributed by atoms with Gasteiger partial charge < -0.3 is 9.64 Å². The maximum absolute atomic E-state index is 13.8. The number of morpholine rings is 1. The molecule has 0 radical (unpaired) electrons. The van der Waals surface area contributed by atoms with Gasteiger partial charge in [0.25, 0.3) is 11.8 Å². The minimum Gasteiger partial charge on any atom is -0.358 e. The van der Waals surface area contributed by atoms with Crippen molar-refractivity contribution in [3.63, 3.8) is 0 Å². The summed E-state index contributed by atoms with van der Waals surface area (Å²) in [6, 6.07) is 12.5. The summed E-state index contributed by atoms with van der Waals surface area (Å²) in [6.45, 7) is 6.85. The Balaban J connectivity index is 2.23. The van der Waals surface area contributed by atoms with Crippen molar-refractivity contribution in [3.05, 3.63) is 82.4 Å². The number of hydrogen-bond acceptors (Lipinski definition) is 5. The van der Waals surface area contributed by atoms with Crippen molar-refractivity contribution in [2.24, 2.45) is 5.84 Å². The minimum absolute atomic E-state index is 0.242. The highest BCUT2D eigenvalue weighted by Gasteiger charge is 2.48. The predicted molar refractivity (Wildman–Crippen MR) is 135 cm³/mol. The van der Waals surface area contributed by atoms with Crippen molar-refractivity contribution in [3.8, 4) is 0 Å². The third kappa shape index (κ3) is 5.93. The van der Waals surface area contributed by atoms with E-state index in [1.807, 2.05) is 13.0 Å². The lowest BCUT2D eigenvalue weighted by Crippen LogP contribution is -2.60. The Morgan fingerprint density at radius 1 is 1.17 bits per heavy atom. The average molecular weight is 518 g/mol. The first-order valence-corrected chi connectivity index (χ1v) is 12.1. The van der Waals surface area contributed by atoms with Crippen LogP contribution in [-0.4, -0.2) is 39.8 Å². The zero-order valence-electron chi connectivity index (χ0n) is 19.7. The Morgan fingerprint density at radius 3 is 2.43 bits per heavy atom. The van der Waals surface area contributed by atoms with Crippen molar-refractivity contribution in [2.45, 2.75) is 57.4 Å². The lowest BCUT2D eigenvalue weighted by atomic mass is 9.89. The van der Waals surface area contributed by atoms with E-state index in [0.717, 1.165) is 5.56 Å². The third-order valence-corrected chi connectivity index (χ3v) is 6.44. The lowest BCUT2D eigenvalue weighted by Gasteiger charge is -2.48. The third-order valence-electron chi connectivity index (χ3n) is 5.96. The van der Waals surface area contributed by atoms with Crippen LogP contribution in [-0.2, 0) is 19.1 Å². The smallest absolute Gasteiger partial charge is 0.266 e. The first-order chi connectivity index (χ1) is 16.7. The van der Waals surface area contributed by atoms with Crippen LogP contribution in [0.5, 0.6) is 0 Å². The molecule has 1 aliphatic rings. The van der Waals surface area contributed by atoms with Gasteiger partial charge in [-0.15, -0.1) is 6.58 Å². The molecule has 0 saturated carbocycles. The number of hydrazine groups is 1. The fourth-order valence-corrected chi connectivity index (χ4v) is 4.65. The van der Waals surface area contributed by atoms with Crippen LogP contribution in [0, 0.1) is 0 Å². The number of carbonyl (C=O) groups is 3. The second-order valence-electron chi connectivity index (χ2n) is 8.40. The molecule has 3 amide bonds. The average Bonchev–Trinajstić information content (AvgIpc) is 2.83. The van der Waals surface area contributed by atoms with E-state index in [1.54, 1.807) is 48.5 Å². The van der Waals surface area contributed by atoms with Gasteiger partial charge in [-0.25, -0.2) is 10.9 Å². The molecule has 0 spiro atoms. The molecule has 7 nitrogen and oxygen atoms in total. The van der Waals surface area contributed by atoms with Gasteiger partial charge in [0.2, 0.25) is 5.91 Å². The van der Waals surface area contributed by atoms with Gasteiger partial charge in [-0.3, -0.25) is 14.4 Å². The molecule has 35 heavy (non-hydrogen) atoms. The van der Waals surface area contributed by atoms with Gasteiger partial charge in [-0.2, -0.15) is 0 Å². The Bertz CT molecular complexity index is 1090. The highest BCUT2D eigenvalue weighted by Crippen LogP contribution is 2.45. The number of halogens is 2. The van der Waals surface area contributed by atoms with E-state index in [0.29, 0.717) is 33.5 Å². The molecule has 1 fully saturated rings. The van der Waals surface area contributed by atoms with Crippen LogP contribution in [0.3, 0.4) is 0 Å². The van der Waals surface area contributed by atoms with Gasteiger partial charge in [0, 0.05) is 23.4 Å². The first kappa shape index (κ1) is 26.9. The van der Waals surface area contributed by atoms with E-state index in [1.165, 1.54) is 11.8 Å². The van der Waals surface area contributed by atoms with E-state index >= 15 is 0 Å². The molecule has 0 aliphatic carbocycles. The summed E-state index contributed by atoms with van der Waals surface area (Å²) < 4.78 is 6.35.